The Morgan fingerprint density at radius 2 is 1.86 bits per heavy atom. The number of fused-ring (bicyclic) bond motifs is 2. The van der Waals surface area contributed by atoms with Crippen LogP contribution >= 0.6 is 0 Å². The molecule has 37 heavy (non-hydrogen) atoms. The van der Waals surface area contributed by atoms with Crippen LogP contribution < -0.4 is 11.1 Å². The van der Waals surface area contributed by atoms with Crippen molar-refractivity contribution < 1.29 is 4.79 Å². The average molecular weight is 493 g/mol. The predicted molar refractivity (Wildman–Crippen MR) is 144 cm³/mol. The van der Waals surface area contributed by atoms with E-state index in [1.165, 1.54) is 6.33 Å². The van der Waals surface area contributed by atoms with Crippen LogP contribution in [-0.4, -0.2) is 42.7 Å². The summed E-state index contributed by atoms with van der Waals surface area (Å²) < 4.78 is 1.98. The van der Waals surface area contributed by atoms with Crippen molar-refractivity contribution in [3.8, 4) is 22.6 Å². The highest BCUT2D eigenvalue weighted by molar-refractivity contribution is 6.00. The third-order valence-corrected chi connectivity index (χ3v) is 7.40. The van der Waals surface area contributed by atoms with Crippen molar-refractivity contribution >= 4 is 33.7 Å². The number of nitrogens with zero attached hydrogens (tertiary/aromatic N) is 6. The number of anilines is 1. The number of carbonyl (C=O) groups excluding carboxylic acids is 1. The Labute approximate surface area is 214 Å². The lowest BCUT2D eigenvalue weighted by molar-refractivity contribution is -0.125. The van der Waals surface area contributed by atoms with Gasteiger partial charge in [0.05, 0.1) is 28.3 Å². The smallest absolute Gasteiger partial charge is 0.222 e. The van der Waals surface area contributed by atoms with E-state index in [1.54, 1.807) is 13.2 Å². The van der Waals surface area contributed by atoms with Crippen LogP contribution in [0.1, 0.15) is 37.3 Å². The Kier molecular flexibility index (Phi) is 5.75. The molecule has 1 fully saturated rings. The predicted octanol–water partition coefficient (Wildman–Crippen LogP) is 4.47. The largest absolute Gasteiger partial charge is 0.383 e. The third kappa shape index (κ3) is 4.06. The molecular formula is C28H28N8O. The number of nitrogens with one attached hydrogen (secondary N) is 1. The minimum Gasteiger partial charge on any atom is -0.383 e. The van der Waals surface area contributed by atoms with Gasteiger partial charge in [-0.1, -0.05) is 18.2 Å². The zero-order valence-corrected chi connectivity index (χ0v) is 20.8. The first kappa shape index (κ1) is 23.0. The van der Waals surface area contributed by atoms with Gasteiger partial charge in [0.25, 0.3) is 0 Å². The molecule has 0 bridgehead atoms. The molecule has 0 radical (unpaired) electrons. The van der Waals surface area contributed by atoms with Crippen LogP contribution in [0.25, 0.3) is 44.6 Å². The van der Waals surface area contributed by atoms with Gasteiger partial charge in [-0.3, -0.25) is 9.78 Å². The summed E-state index contributed by atoms with van der Waals surface area (Å²) in [7, 11) is 1.70. The van der Waals surface area contributed by atoms with Gasteiger partial charge in [0.15, 0.2) is 5.65 Å². The molecule has 1 saturated carbocycles. The minimum absolute atomic E-state index is 0.0466. The maximum Gasteiger partial charge on any atom is 0.222 e. The second-order valence-electron chi connectivity index (χ2n) is 9.64. The average Bonchev–Trinajstić information content (AvgIpc) is 3.34. The molecule has 1 aliphatic rings. The maximum atomic E-state index is 12.1. The Hall–Kier alpha value is -4.40. The summed E-state index contributed by atoms with van der Waals surface area (Å²) in [6.07, 6.45) is 6.60. The Balaban J connectivity index is 1.44. The molecule has 186 valence electrons. The van der Waals surface area contributed by atoms with E-state index in [-0.39, 0.29) is 17.9 Å². The molecule has 3 N–H and O–H groups in total. The molecule has 6 rings (SSSR count). The summed E-state index contributed by atoms with van der Waals surface area (Å²) in [4.78, 5) is 30.4. The van der Waals surface area contributed by atoms with Crippen LogP contribution in [0.5, 0.6) is 0 Å². The first-order valence-corrected chi connectivity index (χ1v) is 12.6. The molecule has 1 aliphatic carbocycles. The molecule has 9 nitrogen and oxygen atoms in total. The molecule has 5 aromatic rings. The summed E-state index contributed by atoms with van der Waals surface area (Å²) in [6.45, 7) is 2.08. The highest BCUT2D eigenvalue weighted by Crippen LogP contribution is 2.38. The highest BCUT2D eigenvalue weighted by Gasteiger charge is 2.29. The van der Waals surface area contributed by atoms with Gasteiger partial charge >= 0.3 is 0 Å². The van der Waals surface area contributed by atoms with Crippen molar-refractivity contribution in [3.05, 3.63) is 60.6 Å². The number of nitrogens with two attached hydrogens (primary N) is 1. The quantitative estimate of drug-likeness (QED) is 0.379. The first-order valence-electron chi connectivity index (χ1n) is 12.6. The zero-order chi connectivity index (χ0) is 25.5. The van der Waals surface area contributed by atoms with Crippen molar-refractivity contribution in [1.82, 2.24) is 35.0 Å². The molecular weight excluding hydrogens is 464 g/mol. The Bertz CT molecular complexity index is 1620. The molecule has 0 atom stereocenters. The van der Waals surface area contributed by atoms with Gasteiger partial charge in [0.2, 0.25) is 5.91 Å². The molecule has 1 aromatic carbocycles. The van der Waals surface area contributed by atoms with E-state index in [2.05, 4.69) is 51.5 Å². The van der Waals surface area contributed by atoms with Crippen molar-refractivity contribution in [2.45, 2.75) is 38.6 Å². The molecule has 0 aliphatic heterocycles. The van der Waals surface area contributed by atoms with Gasteiger partial charge in [0.1, 0.15) is 17.8 Å². The van der Waals surface area contributed by atoms with E-state index < -0.39 is 0 Å². The van der Waals surface area contributed by atoms with Gasteiger partial charge in [-0.25, -0.2) is 19.6 Å². The van der Waals surface area contributed by atoms with Crippen LogP contribution in [0.15, 0.2) is 55.0 Å². The number of pyridine rings is 2. The minimum atomic E-state index is 0.0466. The number of hydrogen-bond donors (Lipinski definition) is 2. The van der Waals surface area contributed by atoms with Crippen LogP contribution in [0.2, 0.25) is 0 Å². The second-order valence-corrected chi connectivity index (χ2v) is 9.64. The SMILES string of the molecule is CNC(=O)C1CCC(n2nc(-c3ccc4c(C)cc(-c5ccccn5)nc4c3)c3c(N)ncnc32)CC1. The number of aromatic nitrogens is 6. The lowest BCUT2D eigenvalue weighted by Crippen LogP contribution is -2.31. The van der Waals surface area contributed by atoms with Gasteiger partial charge in [-0.05, 0) is 62.4 Å². The van der Waals surface area contributed by atoms with E-state index in [4.69, 9.17) is 15.8 Å². The number of nitrogen functional groups attached to an aromatic ring is 1. The van der Waals surface area contributed by atoms with Crippen LogP contribution in [0.3, 0.4) is 0 Å². The molecule has 4 heterocycles. The number of amides is 1. The number of rotatable bonds is 4. The van der Waals surface area contributed by atoms with Crippen molar-refractivity contribution in [3.63, 3.8) is 0 Å². The summed E-state index contributed by atoms with van der Waals surface area (Å²) in [5.74, 6) is 0.558. The summed E-state index contributed by atoms with van der Waals surface area (Å²) in [5, 5.41) is 9.63. The van der Waals surface area contributed by atoms with E-state index in [9.17, 15) is 4.79 Å². The van der Waals surface area contributed by atoms with Gasteiger partial charge in [-0.15, -0.1) is 0 Å². The summed E-state index contributed by atoms with van der Waals surface area (Å²) >= 11 is 0. The van der Waals surface area contributed by atoms with E-state index in [1.807, 2.05) is 22.9 Å². The third-order valence-electron chi connectivity index (χ3n) is 7.40. The summed E-state index contributed by atoms with van der Waals surface area (Å²) in [5.41, 5.74) is 12.4. The van der Waals surface area contributed by atoms with Crippen molar-refractivity contribution in [2.75, 3.05) is 12.8 Å². The molecule has 0 unspecified atom stereocenters. The van der Waals surface area contributed by atoms with Crippen molar-refractivity contribution in [2.24, 2.45) is 5.92 Å². The molecule has 0 saturated heterocycles. The maximum absolute atomic E-state index is 12.1. The number of benzene rings is 1. The Morgan fingerprint density at radius 3 is 2.62 bits per heavy atom. The molecule has 0 spiro atoms. The van der Waals surface area contributed by atoms with Gasteiger partial charge < -0.3 is 11.1 Å². The van der Waals surface area contributed by atoms with E-state index >= 15 is 0 Å². The van der Waals surface area contributed by atoms with Gasteiger partial charge in [0, 0.05) is 30.1 Å². The van der Waals surface area contributed by atoms with Crippen molar-refractivity contribution in [1.29, 1.82) is 0 Å². The highest BCUT2D eigenvalue weighted by atomic mass is 16.1. The normalized spacial score (nSPS) is 17.8. The first-order chi connectivity index (χ1) is 18.0. The number of carbonyl (C=O) groups is 1. The van der Waals surface area contributed by atoms with E-state index in [0.29, 0.717) is 5.82 Å². The standard InChI is InChI=1S/C28H28N8O/c1-16-13-23(21-5-3-4-12-31-21)34-22-14-18(8-11-20(16)22)25-24-26(29)32-15-33-27(24)36(35-25)19-9-6-17(7-10-19)28(37)30-2/h3-5,8,11-15,17,19H,6-7,9-10H2,1-2H3,(H,30,37)(H2,29,32,33). The molecule has 9 heteroatoms. The Morgan fingerprint density at radius 1 is 1.03 bits per heavy atom. The van der Waals surface area contributed by atoms with Gasteiger partial charge in [-0.2, -0.15) is 5.10 Å². The fraction of sp³-hybridized carbons (Fsp3) is 0.286. The number of hydrogen-bond acceptors (Lipinski definition) is 7. The fourth-order valence-electron chi connectivity index (χ4n) is 5.43. The lowest BCUT2D eigenvalue weighted by Gasteiger charge is -2.27. The molecule has 4 aromatic heterocycles. The fourth-order valence-corrected chi connectivity index (χ4v) is 5.43. The summed E-state index contributed by atoms with van der Waals surface area (Å²) in [6, 6.07) is 14.2. The zero-order valence-electron chi connectivity index (χ0n) is 20.8. The second kappa shape index (κ2) is 9.24. The van der Waals surface area contributed by atoms with Crippen LogP contribution in [0, 0.1) is 12.8 Å². The van der Waals surface area contributed by atoms with E-state index in [0.717, 1.165) is 75.8 Å². The topological polar surface area (TPSA) is 124 Å². The molecule has 1 amide bonds. The lowest BCUT2D eigenvalue weighted by atomic mass is 9.85. The van der Waals surface area contributed by atoms with Crippen LogP contribution in [0.4, 0.5) is 5.82 Å². The van der Waals surface area contributed by atoms with Crippen LogP contribution in [-0.2, 0) is 4.79 Å². The monoisotopic (exact) mass is 492 g/mol. The number of aryl methyl sites for hydroxylation is 1.